The highest BCUT2D eigenvalue weighted by Gasteiger charge is 2.36. The molecule has 4 rings (SSSR count). The molecule has 0 atom stereocenters. The molecule has 0 aliphatic carbocycles. The Balaban J connectivity index is 1.47. The number of halogens is 1. The Labute approximate surface area is 191 Å². The van der Waals surface area contributed by atoms with Gasteiger partial charge in [-0.2, -0.15) is 4.31 Å². The number of aryl methyl sites for hydroxylation is 1. The lowest BCUT2D eigenvalue weighted by atomic mass is 9.97. The van der Waals surface area contributed by atoms with Crippen LogP contribution in [0.25, 0.3) is 12.2 Å². The fraction of sp³-hybridized carbons (Fsp3) is 0.261. The number of piperidine rings is 1. The standard InChI is InChI=1S/C23H23FN4O4S/c1-16-22(20(32-27-16)10-9-17-6-2-3-7-19(17)24)33(30,31)28-14-11-18(12-15-28)23(29)26-21-8-4-5-13-25-21/h2-10,13,18H,11-12,14-15H2,1H3,(H,25,26,29)/b10-9+. The summed E-state index contributed by atoms with van der Waals surface area (Å²) in [5.74, 6) is -0.432. The maximum Gasteiger partial charge on any atom is 0.248 e. The Hall–Kier alpha value is -3.37. The SMILES string of the molecule is Cc1noc(/C=C/c2ccccc2F)c1S(=O)(=O)N1CCC(C(=O)Nc2ccccn2)CC1. The molecule has 3 heterocycles. The van der Waals surface area contributed by atoms with E-state index in [0.29, 0.717) is 24.2 Å². The fourth-order valence-corrected chi connectivity index (χ4v) is 5.45. The van der Waals surface area contributed by atoms with Crippen LogP contribution in [0.2, 0.25) is 0 Å². The maximum atomic E-state index is 13.9. The first kappa shape index (κ1) is 22.8. The first-order valence-electron chi connectivity index (χ1n) is 10.5. The van der Waals surface area contributed by atoms with Gasteiger partial charge in [0.15, 0.2) is 10.7 Å². The van der Waals surface area contributed by atoms with Crippen LogP contribution in [0.1, 0.15) is 29.9 Å². The van der Waals surface area contributed by atoms with Crippen LogP contribution in [0.5, 0.6) is 0 Å². The molecule has 0 spiro atoms. The summed E-state index contributed by atoms with van der Waals surface area (Å²) >= 11 is 0. The van der Waals surface area contributed by atoms with Gasteiger partial charge in [0, 0.05) is 30.8 Å². The topological polar surface area (TPSA) is 105 Å². The first-order chi connectivity index (χ1) is 15.9. The van der Waals surface area contributed by atoms with Gasteiger partial charge < -0.3 is 9.84 Å². The van der Waals surface area contributed by atoms with E-state index in [1.807, 2.05) is 0 Å². The largest absolute Gasteiger partial charge is 0.355 e. The molecule has 0 radical (unpaired) electrons. The third kappa shape index (κ3) is 5.01. The predicted molar refractivity (Wildman–Crippen MR) is 121 cm³/mol. The summed E-state index contributed by atoms with van der Waals surface area (Å²) in [5.41, 5.74) is 0.521. The van der Waals surface area contributed by atoms with Gasteiger partial charge in [0.1, 0.15) is 17.3 Å². The lowest BCUT2D eigenvalue weighted by molar-refractivity contribution is -0.120. The van der Waals surface area contributed by atoms with Crippen molar-refractivity contribution in [3.63, 3.8) is 0 Å². The second-order valence-electron chi connectivity index (χ2n) is 7.70. The van der Waals surface area contributed by atoms with Gasteiger partial charge in [0.25, 0.3) is 0 Å². The average Bonchev–Trinajstić information content (AvgIpc) is 3.20. The van der Waals surface area contributed by atoms with E-state index in [1.54, 1.807) is 49.5 Å². The highest BCUT2D eigenvalue weighted by atomic mass is 32.2. The van der Waals surface area contributed by atoms with Gasteiger partial charge in [-0.05, 0) is 50.1 Å². The molecular formula is C23H23FN4O4S. The molecule has 33 heavy (non-hydrogen) atoms. The number of hydrogen-bond donors (Lipinski definition) is 1. The zero-order valence-corrected chi connectivity index (χ0v) is 18.8. The van der Waals surface area contributed by atoms with Crippen LogP contribution in [0.15, 0.2) is 58.1 Å². The number of carbonyl (C=O) groups is 1. The van der Waals surface area contributed by atoms with E-state index in [4.69, 9.17) is 4.52 Å². The summed E-state index contributed by atoms with van der Waals surface area (Å²) in [6.45, 7) is 1.91. The minimum absolute atomic E-state index is 0.0331. The van der Waals surface area contributed by atoms with Crippen LogP contribution >= 0.6 is 0 Å². The van der Waals surface area contributed by atoms with E-state index >= 15 is 0 Å². The summed E-state index contributed by atoms with van der Waals surface area (Å²) in [5, 5.41) is 6.57. The summed E-state index contributed by atoms with van der Waals surface area (Å²) in [4.78, 5) is 16.6. The van der Waals surface area contributed by atoms with Crippen LogP contribution in [-0.4, -0.2) is 41.9 Å². The van der Waals surface area contributed by atoms with E-state index in [1.165, 1.54) is 22.5 Å². The quantitative estimate of drug-likeness (QED) is 0.589. The molecule has 1 aliphatic rings. The molecule has 1 saturated heterocycles. The molecule has 1 aromatic carbocycles. The second kappa shape index (κ2) is 9.63. The van der Waals surface area contributed by atoms with Gasteiger partial charge in [0.2, 0.25) is 15.9 Å². The highest BCUT2D eigenvalue weighted by molar-refractivity contribution is 7.89. The van der Waals surface area contributed by atoms with Gasteiger partial charge in [0.05, 0.1) is 0 Å². The Morgan fingerprint density at radius 1 is 1.15 bits per heavy atom. The molecule has 1 aliphatic heterocycles. The molecule has 3 aromatic rings. The molecule has 1 amide bonds. The third-order valence-corrected chi connectivity index (χ3v) is 7.55. The molecule has 0 unspecified atom stereocenters. The summed E-state index contributed by atoms with van der Waals surface area (Å²) < 4.78 is 47.1. The van der Waals surface area contributed by atoms with Crippen molar-refractivity contribution in [2.75, 3.05) is 18.4 Å². The highest BCUT2D eigenvalue weighted by Crippen LogP contribution is 2.29. The Kier molecular flexibility index (Phi) is 6.66. The minimum Gasteiger partial charge on any atom is -0.355 e. The number of pyridine rings is 1. The molecule has 172 valence electrons. The Morgan fingerprint density at radius 3 is 2.58 bits per heavy atom. The third-order valence-electron chi connectivity index (χ3n) is 5.49. The number of anilines is 1. The van der Waals surface area contributed by atoms with Crippen LogP contribution in [0, 0.1) is 18.7 Å². The van der Waals surface area contributed by atoms with Gasteiger partial charge in [-0.1, -0.05) is 29.4 Å². The van der Waals surface area contributed by atoms with Crippen molar-refractivity contribution >= 4 is 33.9 Å². The van der Waals surface area contributed by atoms with Crippen LogP contribution < -0.4 is 5.32 Å². The number of amides is 1. The average molecular weight is 471 g/mol. The number of carbonyl (C=O) groups excluding carboxylic acids is 1. The number of benzene rings is 1. The molecule has 10 heteroatoms. The van der Waals surface area contributed by atoms with E-state index < -0.39 is 15.8 Å². The van der Waals surface area contributed by atoms with E-state index in [0.717, 1.165) is 0 Å². The number of rotatable bonds is 6. The van der Waals surface area contributed by atoms with E-state index in [9.17, 15) is 17.6 Å². The van der Waals surface area contributed by atoms with Crippen molar-refractivity contribution in [2.24, 2.45) is 5.92 Å². The lowest BCUT2D eigenvalue weighted by Gasteiger charge is -2.30. The molecule has 0 saturated carbocycles. The number of hydrogen-bond acceptors (Lipinski definition) is 6. The number of aromatic nitrogens is 2. The van der Waals surface area contributed by atoms with Crippen molar-refractivity contribution in [3.05, 3.63) is 71.5 Å². The van der Waals surface area contributed by atoms with Gasteiger partial charge in [-0.15, -0.1) is 0 Å². The second-order valence-corrected chi connectivity index (χ2v) is 9.57. The number of nitrogens with zero attached hydrogens (tertiary/aromatic N) is 3. The van der Waals surface area contributed by atoms with Crippen molar-refractivity contribution < 1.29 is 22.1 Å². The van der Waals surface area contributed by atoms with Crippen molar-refractivity contribution in [2.45, 2.75) is 24.7 Å². The van der Waals surface area contributed by atoms with Crippen molar-refractivity contribution in [3.8, 4) is 0 Å². The van der Waals surface area contributed by atoms with Crippen molar-refractivity contribution in [1.82, 2.24) is 14.4 Å². The molecule has 1 fully saturated rings. The summed E-state index contributed by atoms with van der Waals surface area (Å²) in [6, 6.07) is 11.4. The van der Waals surface area contributed by atoms with Crippen LogP contribution in [0.4, 0.5) is 10.2 Å². The number of sulfonamides is 1. The monoisotopic (exact) mass is 470 g/mol. The van der Waals surface area contributed by atoms with Crippen LogP contribution in [0.3, 0.4) is 0 Å². The van der Waals surface area contributed by atoms with Crippen molar-refractivity contribution in [1.29, 1.82) is 0 Å². The summed E-state index contributed by atoms with van der Waals surface area (Å²) in [6.07, 6.45) is 5.19. The van der Waals surface area contributed by atoms with Gasteiger partial charge in [-0.25, -0.2) is 17.8 Å². The molecule has 0 bridgehead atoms. The Bertz CT molecular complexity index is 1270. The van der Waals surface area contributed by atoms with E-state index in [2.05, 4.69) is 15.5 Å². The molecular weight excluding hydrogens is 447 g/mol. The molecule has 2 aromatic heterocycles. The smallest absolute Gasteiger partial charge is 0.248 e. The molecule has 1 N–H and O–H groups in total. The zero-order chi connectivity index (χ0) is 23.4. The predicted octanol–water partition coefficient (Wildman–Crippen LogP) is 3.73. The van der Waals surface area contributed by atoms with Crippen LogP contribution in [-0.2, 0) is 14.8 Å². The minimum atomic E-state index is -3.91. The van der Waals surface area contributed by atoms with E-state index in [-0.39, 0.29) is 41.3 Å². The zero-order valence-electron chi connectivity index (χ0n) is 17.9. The summed E-state index contributed by atoms with van der Waals surface area (Å²) in [7, 11) is -3.91. The van der Waals surface area contributed by atoms with Gasteiger partial charge >= 0.3 is 0 Å². The normalized spacial score (nSPS) is 15.7. The lowest BCUT2D eigenvalue weighted by Crippen LogP contribution is -2.41. The maximum absolute atomic E-state index is 13.9. The number of nitrogens with one attached hydrogen (secondary N) is 1. The van der Waals surface area contributed by atoms with Gasteiger partial charge in [-0.3, -0.25) is 4.79 Å². The fourth-order valence-electron chi connectivity index (χ4n) is 3.73. The Morgan fingerprint density at radius 2 is 1.88 bits per heavy atom. The first-order valence-corrected chi connectivity index (χ1v) is 11.9. The molecule has 8 nitrogen and oxygen atoms in total.